The molecule has 0 bridgehead atoms. The van der Waals surface area contributed by atoms with Crippen LogP contribution in [0.3, 0.4) is 0 Å². The molecule has 17 heavy (non-hydrogen) atoms. The summed E-state index contributed by atoms with van der Waals surface area (Å²) in [4.78, 5) is 0. The first-order valence-corrected chi connectivity index (χ1v) is 6.19. The number of rotatable bonds is 5. The molecule has 0 spiro atoms. The number of hydrogen-bond donors (Lipinski definition) is 2. The molecule has 1 heterocycles. The molecule has 0 aliphatic rings. The lowest BCUT2D eigenvalue weighted by Gasteiger charge is -2.06. The van der Waals surface area contributed by atoms with Gasteiger partial charge in [-0.25, -0.2) is 0 Å². The minimum Gasteiger partial charge on any atom is -0.394 e. The molecule has 0 amide bonds. The summed E-state index contributed by atoms with van der Waals surface area (Å²) in [6, 6.07) is 7.98. The van der Waals surface area contributed by atoms with E-state index in [1.54, 1.807) is 10.9 Å². The maximum atomic E-state index is 8.79. The summed E-state index contributed by atoms with van der Waals surface area (Å²) in [5.41, 5.74) is 2.15. The summed E-state index contributed by atoms with van der Waals surface area (Å²) in [5, 5.41) is 16.3. The average molecular weight is 296 g/mol. The van der Waals surface area contributed by atoms with E-state index >= 15 is 0 Å². The van der Waals surface area contributed by atoms with Crippen LogP contribution in [-0.4, -0.2) is 21.5 Å². The van der Waals surface area contributed by atoms with Gasteiger partial charge in [0.05, 0.1) is 19.3 Å². The minimum absolute atomic E-state index is 0.110. The van der Waals surface area contributed by atoms with Crippen molar-refractivity contribution in [3.63, 3.8) is 0 Å². The molecular weight excluding hydrogens is 282 g/mol. The molecule has 4 nitrogen and oxygen atoms in total. The van der Waals surface area contributed by atoms with E-state index in [0.29, 0.717) is 13.1 Å². The predicted octanol–water partition coefficient (Wildman–Crippen LogP) is 2.25. The van der Waals surface area contributed by atoms with Crippen molar-refractivity contribution in [1.29, 1.82) is 0 Å². The molecule has 5 heteroatoms. The molecule has 2 rings (SSSR count). The summed E-state index contributed by atoms with van der Waals surface area (Å²) < 4.78 is 2.78. The van der Waals surface area contributed by atoms with Crippen LogP contribution in [0.25, 0.3) is 0 Å². The monoisotopic (exact) mass is 295 g/mol. The zero-order valence-corrected chi connectivity index (χ0v) is 10.9. The molecule has 2 aromatic rings. The van der Waals surface area contributed by atoms with E-state index in [4.69, 9.17) is 5.11 Å². The number of aliphatic hydroxyl groups is 1. The van der Waals surface area contributed by atoms with Gasteiger partial charge in [0.25, 0.3) is 0 Å². The average Bonchev–Trinajstić information content (AvgIpc) is 2.76. The Labute approximate surface area is 108 Å². The molecule has 1 aromatic heterocycles. The number of halogens is 1. The van der Waals surface area contributed by atoms with E-state index in [1.807, 2.05) is 30.5 Å². The van der Waals surface area contributed by atoms with Crippen LogP contribution in [0, 0.1) is 0 Å². The first-order chi connectivity index (χ1) is 8.29. The van der Waals surface area contributed by atoms with Crippen LogP contribution in [0.5, 0.6) is 0 Å². The predicted molar refractivity (Wildman–Crippen MR) is 70.8 cm³/mol. The molecule has 0 saturated carbocycles. The van der Waals surface area contributed by atoms with E-state index in [-0.39, 0.29) is 6.61 Å². The third-order valence-electron chi connectivity index (χ3n) is 2.37. The number of para-hydroxylation sites is 1. The van der Waals surface area contributed by atoms with Gasteiger partial charge in [-0.05, 0) is 28.1 Å². The Kier molecular flexibility index (Phi) is 4.17. The highest BCUT2D eigenvalue weighted by Gasteiger charge is 2.00. The summed E-state index contributed by atoms with van der Waals surface area (Å²) in [5.74, 6) is 0. The van der Waals surface area contributed by atoms with Gasteiger partial charge in [-0.15, -0.1) is 0 Å². The second-order valence-corrected chi connectivity index (χ2v) is 4.52. The maximum absolute atomic E-state index is 8.79. The summed E-state index contributed by atoms with van der Waals surface area (Å²) in [6.07, 6.45) is 3.74. The first-order valence-electron chi connectivity index (χ1n) is 5.40. The van der Waals surface area contributed by atoms with Crippen LogP contribution >= 0.6 is 15.9 Å². The van der Waals surface area contributed by atoms with Gasteiger partial charge in [-0.3, -0.25) is 4.68 Å². The fourth-order valence-electron chi connectivity index (χ4n) is 1.52. The SMILES string of the molecule is OCCn1cc(CNc2ccccc2Br)cn1. The summed E-state index contributed by atoms with van der Waals surface area (Å²) in [6.45, 7) is 1.36. The maximum Gasteiger partial charge on any atom is 0.0640 e. The van der Waals surface area contributed by atoms with E-state index in [9.17, 15) is 0 Å². The van der Waals surface area contributed by atoms with Gasteiger partial charge >= 0.3 is 0 Å². The van der Waals surface area contributed by atoms with Crippen molar-refractivity contribution in [3.8, 4) is 0 Å². The van der Waals surface area contributed by atoms with Crippen LogP contribution < -0.4 is 5.32 Å². The van der Waals surface area contributed by atoms with Crippen LogP contribution in [0.15, 0.2) is 41.1 Å². The fourth-order valence-corrected chi connectivity index (χ4v) is 1.95. The third-order valence-corrected chi connectivity index (χ3v) is 3.06. The van der Waals surface area contributed by atoms with Gasteiger partial charge in [0, 0.05) is 28.5 Å². The van der Waals surface area contributed by atoms with Crippen molar-refractivity contribution >= 4 is 21.6 Å². The van der Waals surface area contributed by atoms with Crippen molar-refractivity contribution in [2.24, 2.45) is 0 Å². The number of aliphatic hydroxyl groups excluding tert-OH is 1. The molecule has 0 aliphatic heterocycles. The zero-order valence-electron chi connectivity index (χ0n) is 9.31. The largest absolute Gasteiger partial charge is 0.394 e. The molecule has 0 atom stereocenters. The van der Waals surface area contributed by atoms with Gasteiger partial charge in [-0.2, -0.15) is 5.10 Å². The zero-order chi connectivity index (χ0) is 12.1. The Balaban J connectivity index is 1.95. The van der Waals surface area contributed by atoms with Crippen LogP contribution in [0.1, 0.15) is 5.56 Å². The van der Waals surface area contributed by atoms with Crippen molar-refractivity contribution < 1.29 is 5.11 Å². The van der Waals surface area contributed by atoms with Gasteiger partial charge in [0.2, 0.25) is 0 Å². The van der Waals surface area contributed by atoms with Crippen LogP contribution in [0.2, 0.25) is 0 Å². The number of anilines is 1. The van der Waals surface area contributed by atoms with Crippen molar-refractivity contribution in [1.82, 2.24) is 9.78 Å². The molecule has 90 valence electrons. The summed E-state index contributed by atoms with van der Waals surface area (Å²) >= 11 is 3.48. The minimum atomic E-state index is 0.110. The molecule has 0 saturated heterocycles. The van der Waals surface area contributed by atoms with E-state index < -0.39 is 0 Å². The molecule has 0 fully saturated rings. The lowest BCUT2D eigenvalue weighted by atomic mass is 10.3. The van der Waals surface area contributed by atoms with Gasteiger partial charge in [0.15, 0.2) is 0 Å². The lowest BCUT2D eigenvalue weighted by molar-refractivity contribution is 0.269. The van der Waals surface area contributed by atoms with E-state index in [1.165, 1.54) is 0 Å². The highest BCUT2D eigenvalue weighted by atomic mass is 79.9. The topological polar surface area (TPSA) is 50.1 Å². The third kappa shape index (κ3) is 3.31. The second-order valence-electron chi connectivity index (χ2n) is 3.67. The Bertz CT molecular complexity index is 484. The number of benzene rings is 1. The number of hydrogen-bond acceptors (Lipinski definition) is 3. The molecule has 0 aliphatic carbocycles. The number of nitrogens with zero attached hydrogens (tertiary/aromatic N) is 2. The Hall–Kier alpha value is -1.33. The molecule has 0 unspecified atom stereocenters. The lowest BCUT2D eigenvalue weighted by Crippen LogP contribution is -2.02. The van der Waals surface area contributed by atoms with Crippen molar-refractivity contribution in [2.75, 3.05) is 11.9 Å². The normalized spacial score (nSPS) is 10.5. The van der Waals surface area contributed by atoms with Crippen molar-refractivity contribution in [3.05, 3.63) is 46.7 Å². The molecule has 0 radical (unpaired) electrons. The van der Waals surface area contributed by atoms with Gasteiger partial charge < -0.3 is 10.4 Å². The highest BCUT2D eigenvalue weighted by Crippen LogP contribution is 2.21. The fraction of sp³-hybridized carbons (Fsp3) is 0.250. The Morgan fingerprint density at radius 1 is 1.35 bits per heavy atom. The van der Waals surface area contributed by atoms with Crippen LogP contribution in [0.4, 0.5) is 5.69 Å². The van der Waals surface area contributed by atoms with E-state index in [0.717, 1.165) is 15.7 Å². The molecule has 1 aromatic carbocycles. The molecule has 2 N–H and O–H groups in total. The summed E-state index contributed by atoms with van der Waals surface area (Å²) in [7, 11) is 0. The van der Waals surface area contributed by atoms with Crippen molar-refractivity contribution in [2.45, 2.75) is 13.1 Å². The molecular formula is C12H14BrN3O. The Morgan fingerprint density at radius 2 is 2.18 bits per heavy atom. The quantitative estimate of drug-likeness (QED) is 0.889. The standard InChI is InChI=1S/C12H14BrN3O/c13-11-3-1-2-4-12(11)14-7-10-8-15-16(9-10)5-6-17/h1-4,8-9,14,17H,5-7H2. The number of nitrogens with one attached hydrogen (secondary N) is 1. The smallest absolute Gasteiger partial charge is 0.0640 e. The second kappa shape index (κ2) is 5.84. The highest BCUT2D eigenvalue weighted by molar-refractivity contribution is 9.10. The number of aromatic nitrogens is 2. The van der Waals surface area contributed by atoms with Gasteiger partial charge in [-0.1, -0.05) is 12.1 Å². The Morgan fingerprint density at radius 3 is 2.94 bits per heavy atom. The van der Waals surface area contributed by atoms with E-state index in [2.05, 4.69) is 26.3 Å². The van der Waals surface area contributed by atoms with Crippen LogP contribution in [-0.2, 0) is 13.1 Å². The first kappa shape index (κ1) is 12.1. The van der Waals surface area contributed by atoms with Gasteiger partial charge in [0.1, 0.15) is 0 Å².